The molecule has 3 nitrogen and oxygen atoms in total. The first-order valence-electron chi connectivity index (χ1n) is 7.28. The molecular weight excluding hydrogens is 290 g/mol. The third-order valence-electron chi connectivity index (χ3n) is 3.54. The monoisotopic (exact) mass is 309 g/mol. The number of benzene rings is 2. The van der Waals surface area contributed by atoms with E-state index in [0.29, 0.717) is 0 Å². The Morgan fingerprint density at radius 1 is 0.955 bits per heavy atom. The molecular formula is C18H19N3S. The number of fused-ring (bicyclic) bond motifs is 1. The Morgan fingerprint density at radius 2 is 1.73 bits per heavy atom. The molecule has 4 heteroatoms. The third-order valence-corrected chi connectivity index (χ3v) is 4.27. The van der Waals surface area contributed by atoms with Crippen LogP contribution in [0, 0.1) is 0 Å². The predicted molar refractivity (Wildman–Crippen MR) is 95.3 cm³/mol. The Bertz CT molecular complexity index is 763. The van der Waals surface area contributed by atoms with Gasteiger partial charge in [0.1, 0.15) is 0 Å². The van der Waals surface area contributed by atoms with Crippen molar-refractivity contribution >= 4 is 28.1 Å². The van der Waals surface area contributed by atoms with Crippen molar-refractivity contribution in [1.29, 1.82) is 0 Å². The molecule has 112 valence electrons. The summed E-state index contributed by atoms with van der Waals surface area (Å²) in [5, 5.41) is 13.4. The average Bonchev–Trinajstić information content (AvgIpc) is 3.08. The van der Waals surface area contributed by atoms with Gasteiger partial charge in [-0.2, -0.15) is 11.3 Å². The molecule has 0 atom stereocenters. The second kappa shape index (κ2) is 7.09. The molecule has 0 aliphatic carbocycles. The van der Waals surface area contributed by atoms with Crippen molar-refractivity contribution in [2.24, 2.45) is 4.99 Å². The maximum Gasteiger partial charge on any atom is 0.191 e. The van der Waals surface area contributed by atoms with Gasteiger partial charge in [0.25, 0.3) is 0 Å². The first kappa shape index (κ1) is 14.6. The number of aliphatic imine (C=N–C) groups is 1. The lowest BCUT2D eigenvalue weighted by molar-refractivity contribution is 0.811. The molecule has 0 bridgehead atoms. The Kier molecular flexibility index (Phi) is 4.71. The molecule has 0 amide bonds. The van der Waals surface area contributed by atoms with E-state index in [1.165, 1.54) is 21.9 Å². The van der Waals surface area contributed by atoms with Crippen molar-refractivity contribution in [2.75, 3.05) is 7.05 Å². The summed E-state index contributed by atoms with van der Waals surface area (Å²) in [4.78, 5) is 4.26. The molecule has 0 aliphatic rings. The summed E-state index contributed by atoms with van der Waals surface area (Å²) in [6, 6.07) is 17.1. The maximum atomic E-state index is 4.26. The first-order chi connectivity index (χ1) is 10.8. The van der Waals surface area contributed by atoms with Crippen LogP contribution in [0.4, 0.5) is 0 Å². The summed E-state index contributed by atoms with van der Waals surface area (Å²) in [6.45, 7) is 1.55. The average molecular weight is 309 g/mol. The highest BCUT2D eigenvalue weighted by Gasteiger charge is 2.00. The zero-order valence-corrected chi connectivity index (χ0v) is 13.4. The van der Waals surface area contributed by atoms with Crippen molar-refractivity contribution in [2.45, 2.75) is 13.1 Å². The van der Waals surface area contributed by atoms with Gasteiger partial charge in [-0.1, -0.05) is 36.4 Å². The Morgan fingerprint density at radius 3 is 2.45 bits per heavy atom. The second-order valence-corrected chi connectivity index (χ2v) is 5.87. The van der Waals surface area contributed by atoms with E-state index in [2.05, 4.69) is 74.9 Å². The van der Waals surface area contributed by atoms with Gasteiger partial charge in [-0.15, -0.1) is 0 Å². The number of hydrogen-bond donors (Lipinski definition) is 2. The van der Waals surface area contributed by atoms with E-state index in [1.807, 2.05) is 0 Å². The molecule has 22 heavy (non-hydrogen) atoms. The van der Waals surface area contributed by atoms with Crippen LogP contribution in [-0.2, 0) is 13.1 Å². The summed E-state index contributed by atoms with van der Waals surface area (Å²) in [5.74, 6) is 0.819. The summed E-state index contributed by atoms with van der Waals surface area (Å²) in [7, 11) is 1.79. The van der Waals surface area contributed by atoms with Crippen LogP contribution in [0.5, 0.6) is 0 Å². The van der Waals surface area contributed by atoms with E-state index in [0.717, 1.165) is 19.0 Å². The van der Waals surface area contributed by atoms with Crippen molar-refractivity contribution in [3.05, 3.63) is 70.4 Å². The molecule has 0 radical (unpaired) electrons. The van der Waals surface area contributed by atoms with Gasteiger partial charge in [-0.25, -0.2) is 0 Å². The zero-order valence-electron chi connectivity index (χ0n) is 12.5. The normalized spacial score (nSPS) is 11.6. The van der Waals surface area contributed by atoms with Gasteiger partial charge in [0.15, 0.2) is 5.96 Å². The minimum Gasteiger partial charge on any atom is -0.352 e. The van der Waals surface area contributed by atoms with Crippen LogP contribution in [-0.4, -0.2) is 13.0 Å². The van der Waals surface area contributed by atoms with Gasteiger partial charge in [-0.05, 0) is 44.8 Å². The number of nitrogens with one attached hydrogen (secondary N) is 2. The number of hydrogen-bond acceptors (Lipinski definition) is 2. The molecule has 0 fully saturated rings. The molecule has 0 aliphatic heterocycles. The van der Waals surface area contributed by atoms with Crippen molar-refractivity contribution < 1.29 is 0 Å². The molecule has 3 aromatic rings. The quantitative estimate of drug-likeness (QED) is 0.568. The molecule has 2 aromatic carbocycles. The number of thiophene rings is 1. The van der Waals surface area contributed by atoms with Crippen LogP contribution in [0.25, 0.3) is 10.8 Å². The Balaban J connectivity index is 1.59. The SMILES string of the molecule is CN=C(NCc1ccsc1)NCc1ccc2ccccc2c1. The van der Waals surface area contributed by atoms with Crippen LogP contribution in [0.3, 0.4) is 0 Å². The van der Waals surface area contributed by atoms with Crippen LogP contribution < -0.4 is 10.6 Å². The standard InChI is InChI=1S/C18H19N3S/c1-19-18(21-12-15-8-9-22-13-15)20-11-14-6-7-16-4-2-3-5-17(16)10-14/h2-10,13H,11-12H2,1H3,(H2,19,20,21). The van der Waals surface area contributed by atoms with Gasteiger partial charge in [-0.3, -0.25) is 4.99 Å². The molecule has 0 saturated carbocycles. The highest BCUT2D eigenvalue weighted by Crippen LogP contribution is 2.15. The van der Waals surface area contributed by atoms with E-state index in [1.54, 1.807) is 18.4 Å². The van der Waals surface area contributed by atoms with E-state index in [9.17, 15) is 0 Å². The molecule has 0 unspecified atom stereocenters. The Labute approximate surface area is 134 Å². The van der Waals surface area contributed by atoms with Crippen LogP contribution in [0.1, 0.15) is 11.1 Å². The molecule has 0 saturated heterocycles. The fourth-order valence-corrected chi connectivity index (χ4v) is 3.00. The zero-order chi connectivity index (χ0) is 15.2. The number of guanidine groups is 1. The van der Waals surface area contributed by atoms with E-state index < -0.39 is 0 Å². The second-order valence-electron chi connectivity index (χ2n) is 5.09. The molecule has 2 N–H and O–H groups in total. The van der Waals surface area contributed by atoms with Gasteiger partial charge in [0.05, 0.1) is 0 Å². The molecule has 1 aromatic heterocycles. The van der Waals surface area contributed by atoms with Gasteiger partial charge < -0.3 is 10.6 Å². The summed E-state index contributed by atoms with van der Waals surface area (Å²) >= 11 is 1.71. The van der Waals surface area contributed by atoms with Gasteiger partial charge >= 0.3 is 0 Å². The third kappa shape index (κ3) is 3.65. The number of rotatable bonds is 4. The van der Waals surface area contributed by atoms with Crippen LogP contribution >= 0.6 is 11.3 Å². The van der Waals surface area contributed by atoms with E-state index in [-0.39, 0.29) is 0 Å². The summed E-state index contributed by atoms with van der Waals surface area (Å²) in [6.07, 6.45) is 0. The van der Waals surface area contributed by atoms with Crippen LogP contribution in [0.2, 0.25) is 0 Å². The van der Waals surface area contributed by atoms with Crippen molar-refractivity contribution in [1.82, 2.24) is 10.6 Å². The Hall–Kier alpha value is -2.33. The molecule has 3 rings (SSSR count). The largest absolute Gasteiger partial charge is 0.352 e. The predicted octanol–water partition coefficient (Wildman–Crippen LogP) is 3.77. The summed E-state index contributed by atoms with van der Waals surface area (Å²) in [5.41, 5.74) is 2.52. The fraction of sp³-hybridized carbons (Fsp3) is 0.167. The fourth-order valence-electron chi connectivity index (χ4n) is 2.33. The topological polar surface area (TPSA) is 36.4 Å². The lowest BCUT2D eigenvalue weighted by Crippen LogP contribution is -2.36. The molecule has 0 spiro atoms. The maximum absolute atomic E-state index is 4.26. The summed E-state index contributed by atoms with van der Waals surface area (Å²) < 4.78 is 0. The van der Waals surface area contributed by atoms with Crippen molar-refractivity contribution in [3.8, 4) is 0 Å². The number of nitrogens with zero attached hydrogens (tertiary/aromatic N) is 1. The van der Waals surface area contributed by atoms with Crippen molar-refractivity contribution in [3.63, 3.8) is 0 Å². The lowest BCUT2D eigenvalue weighted by Gasteiger charge is -2.12. The lowest BCUT2D eigenvalue weighted by atomic mass is 10.1. The minimum atomic E-state index is 0.758. The highest BCUT2D eigenvalue weighted by atomic mass is 32.1. The molecule has 1 heterocycles. The highest BCUT2D eigenvalue weighted by molar-refractivity contribution is 7.07. The van der Waals surface area contributed by atoms with E-state index in [4.69, 9.17) is 0 Å². The van der Waals surface area contributed by atoms with Crippen LogP contribution in [0.15, 0.2) is 64.3 Å². The van der Waals surface area contributed by atoms with Gasteiger partial charge in [0, 0.05) is 20.1 Å². The first-order valence-corrected chi connectivity index (χ1v) is 8.23. The smallest absolute Gasteiger partial charge is 0.191 e. The minimum absolute atomic E-state index is 0.758. The van der Waals surface area contributed by atoms with E-state index >= 15 is 0 Å². The van der Waals surface area contributed by atoms with Gasteiger partial charge in [0.2, 0.25) is 0 Å².